The van der Waals surface area contributed by atoms with Crippen molar-refractivity contribution in [2.75, 3.05) is 0 Å². The van der Waals surface area contributed by atoms with Crippen molar-refractivity contribution in [1.82, 2.24) is 4.98 Å². The van der Waals surface area contributed by atoms with E-state index in [1.54, 1.807) is 5.38 Å². The van der Waals surface area contributed by atoms with Crippen LogP contribution in [0.4, 0.5) is 4.39 Å². The maximum Gasteiger partial charge on any atom is 0.148 e. The predicted octanol–water partition coefficient (Wildman–Crippen LogP) is 2.33. The number of hydrogen-bond acceptors (Lipinski definition) is 3. The lowest BCUT2D eigenvalue weighted by Crippen LogP contribution is -2.11. The highest BCUT2D eigenvalue weighted by Crippen LogP contribution is 2.47. The minimum Gasteiger partial charge on any atom is -0.383 e. The summed E-state index contributed by atoms with van der Waals surface area (Å²) in [5.41, 5.74) is -1.71. The Morgan fingerprint density at radius 3 is 2.62 bits per heavy atom. The van der Waals surface area contributed by atoms with Crippen molar-refractivity contribution in [3.63, 3.8) is 0 Å². The van der Waals surface area contributed by atoms with Gasteiger partial charge in [-0.2, -0.15) is 0 Å². The molecule has 0 amide bonds. The Morgan fingerprint density at radius 2 is 2.23 bits per heavy atom. The van der Waals surface area contributed by atoms with Gasteiger partial charge in [0.2, 0.25) is 0 Å². The number of halogens is 1. The Hall–Kier alpha value is -0.480. The van der Waals surface area contributed by atoms with Crippen molar-refractivity contribution >= 4 is 11.3 Å². The van der Waals surface area contributed by atoms with Crippen molar-refractivity contribution in [1.29, 1.82) is 0 Å². The van der Waals surface area contributed by atoms with E-state index in [1.807, 2.05) is 0 Å². The molecule has 0 saturated heterocycles. The highest BCUT2D eigenvalue weighted by molar-refractivity contribution is 7.09. The summed E-state index contributed by atoms with van der Waals surface area (Å²) in [7, 11) is 0. The molecule has 1 N–H and O–H groups in total. The second-order valence-electron chi connectivity index (χ2n) is 4.04. The third-order valence-electron chi connectivity index (χ3n) is 2.23. The minimum atomic E-state index is -1.40. The molecule has 2 nitrogen and oxygen atoms in total. The van der Waals surface area contributed by atoms with Crippen molar-refractivity contribution in [2.45, 2.75) is 38.0 Å². The van der Waals surface area contributed by atoms with Crippen LogP contribution < -0.4 is 0 Å². The van der Waals surface area contributed by atoms with Crippen LogP contribution in [0.1, 0.15) is 37.4 Å². The van der Waals surface area contributed by atoms with Crippen LogP contribution in [0.2, 0.25) is 0 Å². The molecule has 0 spiro atoms. The van der Waals surface area contributed by atoms with Gasteiger partial charge in [0.15, 0.2) is 0 Å². The highest BCUT2D eigenvalue weighted by atomic mass is 32.1. The van der Waals surface area contributed by atoms with Crippen molar-refractivity contribution in [2.24, 2.45) is 0 Å². The summed E-state index contributed by atoms with van der Waals surface area (Å²) in [6.07, 6.45) is 1.51. The molecule has 0 aliphatic heterocycles. The zero-order valence-corrected chi connectivity index (χ0v) is 8.49. The van der Waals surface area contributed by atoms with E-state index in [0.29, 0.717) is 10.7 Å². The van der Waals surface area contributed by atoms with E-state index in [2.05, 4.69) is 4.98 Å². The molecule has 1 aliphatic carbocycles. The Kier molecular flexibility index (Phi) is 1.76. The van der Waals surface area contributed by atoms with Gasteiger partial charge in [0.05, 0.1) is 5.69 Å². The van der Waals surface area contributed by atoms with Gasteiger partial charge in [-0.05, 0) is 26.7 Å². The van der Waals surface area contributed by atoms with Crippen LogP contribution in [0.15, 0.2) is 5.38 Å². The van der Waals surface area contributed by atoms with E-state index in [1.165, 1.54) is 25.2 Å². The van der Waals surface area contributed by atoms with Crippen LogP contribution in [0.3, 0.4) is 0 Å². The van der Waals surface area contributed by atoms with Gasteiger partial charge in [0.25, 0.3) is 0 Å². The smallest absolute Gasteiger partial charge is 0.148 e. The molecular weight excluding hydrogens is 189 g/mol. The first-order valence-corrected chi connectivity index (χ1v) is 5.18. The number of alkyl halides is 1. The summed E-state index contributed by atoms with van der Waals surface area (Å²) >= 11 is 1.34. The maximum absolute atomic E-state index is 13.4. The van der Waals surface area contributed by atoms with E-state index in [9.17, 15) is 9.50 Å². The fourth-order valence-electron chi connectivity index (χ4n) is 1.09. The molecule has 0 unspecified atom stereocenters. The topological polar surface area (TPSA) is 33.1 Å². The molecule has 1 saturated carbocycles. The number of aromatic nitrogens is 1. The van der Waals surface area contributed by atoms with Gasteiger partial charge in [-0.25, -0.2) is 9.37 Å². The quantitative estimate of drug-likeness (QED) is 0.796. The van der Waals surface area contributed by atoms with Crippen LogP contribution in [-0.4, -0.2) is 10.1 Å². The summed E-state index contributed by atoms with van der Waals surface area (Å²) in [6, 6.07) is 0. The second-order valence-corrected chi connectivity index (χ2v) is 4.90. The van der Waals surface area contributed by atoms with Gasteiger partial charge in [-0.3, -0.25) is 0 Å². The summed E-state index contributed by atoms with van der Waals surface area (Å²) in [5, 5.41) is 12.1. The van der Waals surface area contributed by atoms with E-state index in [-0.39, 0.29) is 0 Å². The largest absolute Gasteiger partial charge is 0.383 e. The van der Waals surface area contributed by atoms with Crippen molar-refractivity contribution < 1.29 is 9.50 Å². The molecule has 1 aromatic rings. The second kappa shape index (κ2) is 2.51. The third kappa shape index (κ3) is 1.60. The van der Waals surface area contributed by atoms with Crippen LogP contribution in [-0.2, 0) is 11.3 Å². The van der Waals surface area contributed by atoms with E-state index in [0.717, 1.165) is 12.8 Å². The first-order chi connectivity index (χ1) is 5.92. The minimum absolute atomic E-state index is 0.424. The van der Waals surface area contributed by atoms with Crippen molar-refractivity contribution in [3.8, 4) is 0 Å². The summed E-state index contributed by atoms with van der Waals surface area (Å²) < 4.78 is 13.4. The van der Waals surface area contributed by atoms with Gasteiger partial charge < -0.3 is 5.11 Å². The van der Waals surface area contributed by atoms with Gasteiger partial charge in [-0.1, -0.05) is 0 Å². The van der Waals surface area contributed by atoms with Gasteiger partial charge in [0.1, 0.15) is 16.3 Å². The molecule has 4 heteroatoms. The Balaban J connectivity index is 2.29. The fraction of sp³-hybridized carbons (Fsp3) is 0.667. The first-order valence-electron chi connectivity index (χ1n) is 4.30. The third-order valence-corrected chi connectivity index (χ3v) is 3.27. The molecular formula is C9H12FNOS. The van der Waals surface area contributed by atoms with Crippen LogP contribution >= 0.6 is 11.3 Å². The molecule has 0 radical (unpaired) electrons. The Bertz CT molecular complexity index is 305. The molecule has 72 valence electrons. The van der Waals surface area contributed by atoms with Gasteiger partial charge >= 0.3 is 0 Å². The first kappa shape index (κ1) is 9.09. The van der Waals surface area contributed by atoms with Gasteiger partial charge in [0, 0.05) is 5.38 Å². The normalized spacial score (nSPS) is 20.3. The number of aliphatic hydroxyl groups is 1. The van der Waals surface area contributed by atoms with Crippen LogP contribution in [0, 0.1) is 0 Å². The number of thiazole rings is 1. The number of nitrogens with zero attached hydrogens (tertiary/aromatic N) is 1. The van der Waals surface area contributed by atoms with E-state index < -0.39 is 11.3 Å². The lowest BCUT2D eigenvalue weighted by Gasteiger charge is -2.09. The molecule has 0 atom stereocenters. The maximum atomic E-state index is 13.4. The molecule has 1 fully saturated rings. The molecule has 2 rings (SSSR count). The van der Waals surface area contributed by atoms with E-state index in [4.69, 9.17) is 0 Å². The van der Waals surface area contributed by atoms with Crippen LogP contribution in [0.25, 0.3) is 0 Å². The lowest BCUT2D eigenvalue weighted by atomic mass is 10.1. The van der Waals surface area contributed by atoms with Crippen LogP contribution in [0.5, 0.6) is 0 Å². The van der Waals surface area contributed by atoms with Gasteiger partial charge in [-0.15, -0.1) is 11.3 Å². The molecule has 0 bridgehead atoms. The van der Waals surface area contributed by atoms with Crippen molar-refractivity contribution in [3.05, 3.63) is 16.1 Å². The zero-order valence-electron chi connectivity index (χ0n) is 7.67. The molecule has 1 aliphatic rings. The number of rotatable bonds is 2. The molecule has 1 heterocycles. The highest BCUT2D eigenvalue weighted by Gasteiger charge is 2.45. The summed E-state index contributed by atoms with van der Waals surface area (Å²) in [4.78, 5) is 4.11. The molecule has 13 heavy (non-hydrogen) atoms. The zero-order chi connectivity index (χ0) is 9.69. The van der Waals surface area contributed by atoms with E-state index >= 15 is 0 Å². The fourth-order valence-corrected chi connectivity index (χ4v) is 2.22. The SMILES string of the molecule is CC(C)(F)c1csc(C2(O)CC2)n1. The Labute approximate surface area is 80.4 Å². The standard InChI is InChI=1S/C9H12FNOS/c1-8(2,10)6-5-13-7(11-6)9(12)3-4-9/h5,12H,3-4H2,1-2H3. The monoisotopic (exact) mass is 201 g/mol. The summed E-state index contributed by atoms with van der Waals surface area (Å²) in [5.74, 6) is 0. The average Bonchev–Trinajstić information content (AvgIpc) is 2.60. The molecule has 1 aromatic heterocycles. The predicted molar refractivity (Wildman–Crippen MR) is 49.4 cm³/mol. The average molecular weight is 201 g/mol. The summed E-state index contributed by atoms with van der Waals surface area (Å²) in [6.45, 7) is 2.95. The lowest BCUT2D eigenvalue weighted by molar-refractivity contribution is 0.149. The molecule has 0 aromatic carbocycles. The Morgan fingerprint density at radius 1 is 1.62 bits per heavy atom. The number of hydrogen-bond donors (Lipinski definition) is 1.